The highest BCUT2D eigenvalue weighted by Crippen LogP contribution is 2.10. The fraction of sp³-hybridized carbons (Fsp3) is 0.250. The smallest absolute Gasteiger partial charge is 0.213 e. The number of nitrogens with two attached hydrogens (primary N) is 2. The fourth-order valence-corrected chi connectivity index (χ4v) is 0.884. The first-order valence-corrected chi connectivity index (χ1v) is 4.36. The molecule has 1 aromatic heterocycles. The molecule has 1 heterocycles. The lowest BCUT2D eigenvalue weighted by molar-refractivity contribution is 0.316. The van der Waals surface area contributed by atoms with E-state index in [1.807, 2.05) is 0 Å². The van der Waals surface area contributed by atoms with E-state index in [1.165, 1.54) is 6.20 Å². The van der Waals surface area contributed by atoms with Gasteiger partial charge in [0.15, 0.2) is 5.96 Å². The molecule has 4 N–H and O–H groups in total. The van der Waals surface area contributed by atoms with Crippen molar-refractivity contribution < 1.29 is 4.74 Å². The summed E-state index contributed by atoms with van der Waals surface area (Å²) < 4.78 is 5.22. The number of hydrogen-bond acceptors (Lipinski definition) is 3. The van der Waals surface area contributed by atoms with E-state index in [1.54, 1.807) is 12.1 Å². The largest absolute Gasteiger partial charge is 0.476 e. The van der Waals surface area contributed by atoms with E-state index in [0.29, 0.717) is 24.1 Å². The van der Waals surface area contributed by atoms with Crippen LogP contribution in [-0.4, -0.2) is 24.1 Å². The molecule has 0 aromatic carbocycles. The summed E-state index contributed by atoms with van der Waals surface area (Å²) in [5, 5.41) is 0.571. The van der Waals surface area contributed by atoms with Gasteiger partial charge in [0.2, 0.25) is 5.88 Å². The molecule has 0 aliphatic carbocycles. The molecule has 0 saturated heterocycles. The van der Waals surface area contributed by atoms with E-state index >= 15 is 0 Å². The number of hydrogen-bond donors (Lipinski definition) is 2. The maximum Gasteiger partial charge on any atom is 0.213 e. The monoisotopic (exact) mass is 342 g/mol. The van der Waals surface area contributed by atoms with Crippen LogP contribution in [0.4, 0.5) is 0 Å². The molecule has 1 rings (SSSR count). The van der Waals surface area contributed by atoms with Crippen molar-refractivity contribution in [1.29, 1.82) is 0 Å². The van der Waals surface area contributed by atoms with Crippen LogP contribution in [0.5, 0.6) is 5.88 Å². The molecule has 5 nitrogen and oxygen atoms in total. The van der Waals surface area contributed by atoms with Gasteiger partial charge in [0.05, 0.1) is 11.6 Å². The SMILES string of the molecule is I.NC(N)=NCCOc1ccc(Cl)cn1. The van der Waals surface area contributed by atoms with Crippen LogP contribution in [0.2, 0.25) is 5.02 Å². The molecule has 1 aromatic rings. The van der Waals surface area contributed by atoms with Crippen LogP contribution in [0, 0.1) is 0 Å². The third kappa shape index (κ3) is 6.34. The Morgan fingerprint density at radius 2 is 2.20 bits per heavy atom. The van der Waals surface area contributed by atoms with Crippen molar-refractivity contribution >= 4 is 41.5 Å². The summed E-state index contributed by atoms with van der Waals surface area (Å²) in [6, 6.07) is 3.38. The minimum absolute atomic E-state index is 0. The Kier molecular flexibility index (Phi) is 7.14. The van der Waals surface area contributed by atoms with Crippen molar-refractivity contribution in [2.24, 2.45) is 16.5 Å². The number of nitrogens with zero attached hydrogens (tertiary/aromatic N) is 2. The van der Waals surface area contributed by atoms with Crippen LogP contribution in [0.1, 0.15) is 0 Å². The van der Waals surface area contributed by atoms with Crippen molar-refractivity contribution in [3.05, 3.63) is 23.4 Å². The topological polar surface area (TPSA) is 86.5 Å². The van der Waals surface area contributed by atoms with Gasteiger partial charge >= 0.3 is 0 Å². The summed E-state index contributed by atoms with van der Waals surface area (Å²) in [7, 11) is 0. The summed E-state index contributed by atoms with van der Waals surface area (Å²) in [4.78, 5) is 7.68. The van der Waals surface area contributed by atoms with Crippen molar-refractivity contribution in [3.8, 4) is 5.88 Å². The van der Waals surface area contributed by atoms with E-state index in [0.717, 1.165) is 0 Å². The number of pyridine rings is 1. The van der Waals surface area contributed by atoms with Crippen molar-refractivity contribution in [2.45, 2.75) is 0 Å². The standard InChI is InChI=1S/C8H11ClN4O.HI/c9-6-1-2-7(13-5-6)14-4-3-12-8(10)11;/h1-2,5H,3-4H2,(H4,10,11,12);1H. The Labute approximate surface area is 110 Å². The highest BCUT2D eigenvalue weighted by Gasteiger charge is 1.94. The molecule has 0 spiro atoms. The summed E-state index contributed by atoms with van der Waals surface area (Å²) in [6.45, 7) is 0.791. The minimum atomic E-state index is 0. The third-order valence-corrected chi connectivity index (χ3v) is 1.56. The molecule has 0 aliphatic rings. The van der Waals surface area contributed by atoms with Crippen molar-refractivity contribution in [3.63, 3.8) is 0 Å². The van der Waals surface area contributed by atoms with Gasteiger partial charge in [0, 0.05) is 12.3 Å². The first-order chi connectivity index (χ1) is 6.68. The Balaban J connectivity index is 0.00000196. The second-order valence-electron chi connectivity index (χ2n) is 2.47. The highest BCUT2D eigenvalue weighted by atomic mass is 127. The molecule has 15 heavy (non-hydrogen) atoms. The van der Waals surface area contributed by atoms with E-state index in [-0.39, 0.29) is 29.9 Å². The molecule has 0 aliphatic heterocycles. The maximum absolute atomic E-state index is 5.64. The lowest BCUT2D eigenvalue weighted by Gasteiger charge is -2.02. The molecule has 0 bridgehead atoms. The molecular formula is C8H12ClIN4O. The number of rotatable bonds is 4. The highest BCUT2D eigenvalue weighted by molar-refractivity contribution is 14.0. The van der Waals surface area contributed by atoms with Crippen molar-refractivity contribution in [1.82, 2.24) is 4.98 Å². The average molecular weight is 343 g/mol. The minimum Gasteiger partial charge on any atom is -0.476 e. The van der Waals surface area contributed by atoms with Gasteiger partial charge in [-0.25, -0.2) is 4.98 Å². The first-order valence-electron chi connectivity index (χ1n) is 3.98. The molecule has 0 amide bonds. The molecule has 0 radical (unpaired) electrons. The molecule has 84 valence electrons. The van der Waals surface area contributed by atoms with Crippen LogP contribution in [-0.2, 0) is 0 Å². The van der Waals surface area contributed by atoms with E-state index in [9.17, 15) is 0 Å². The quantitative estimate of drug-likeness (QED) is 0.370. The number of aliphatic imine (C=N–C) groups is 1. The molecule has 0 atom stereocenters. The molecule has 0 fully saturated rings. The predicted molar refractivity (Wildman–Crippen MR) is 70.8 cm³/mol. The molecule has 0 unspecified atom stereocenters. The van der Waals surface area contributed by atoms with Gasteiger partial charge in [0.25, 0.3) is 0 Å². The van der Waals surface area contributed by atoms with Crippen LogP contribution in [0.25, 0.3) is 0 Å². The van der Waals surface area contributed by atoms with Crippen LogP contribution in [0.15, 0.2) is 23.3 Å². The number of aromatic nitrogens is 1. The second-order valence-corrected chi connectivity index (χ2v) is 2.91. The van der Waals surface area contributed by atoms with Gasteiger partial charge in [-0.2, -0.15) is 0 Å². The summed E-state index contributed by atoms with van der Waals surface area (Å²) in [5.74, 6) is 0.554. The second kappa shape index (κ2) is 7.52. The predicted octanol–water partition coefficient (Wildman–Crippen LogP) is 1.01. The summed E-state index contributed by atoms with van der Waals surface area (Å²) in [6.07, 6.45) is 1.51. The average Bonchev–Trinajstić information content (AvgIpc) is 2.15. The number of ether oxygens (including phenoxy) is 1. The lowest BCUT2D eigenvalue weighted by atomic mass is 10.5. The zero-order valence-corrected chi connectivity index (χ0v) is 11.0. The maximum atomic E-state index is 5.64. The van der Waals surface area contributed by atoms with Gasteiger partial charge in [-0.1, -0.05) is 11.6 Å². The molecule has 0 saturated carbocycles. The van der Waals surface area contributed by atoms with Gasteiger partial charge < -0.3 is 16.2 Å². The van der Waals surface area contributed by atoms with Gasteiger partial charge in [-0.3, -0.25) is 4.99 Å². The number of halogens is 2. The normalized spacial score (nSPS) is 8.87. The van der Waals surface area contributed by atoms with Crippen LogP contribution in [0.3, 0.4) is 0 Å². The Morgan fingerprint density at radius 3 is 2.73 bits per heavy atom. The van der Waals surface area contributed by atoms with Crippen molar-refractivity contribution in [2.75, 3.05) is 13.2 Å². The Morgan fingerprint density at radius 1 is 1.47 bits per heavy atom. The van der Waals surface area contributed by atoms with E-state index < -0.39 is 0 Å². The van der Waals surface area contributed by atoms with E-state index in [2.05, 4.69) is 9.98 Å². The Hall–Kier alpha value is -0.760. The fourth-order valence-electron chi connectivity index (χ4n) is 0.773. The zero-order chi connectivity index (χ0) is 10.4. The van der Waals surface area contributed by atoms with E-state index in [4.69, 9.17) is 27.8 Å². The summed E-state index contributed by atoms with van der Waals surface area (Å²) >= 11 is 5.64. The molecular weight excluding hydrogens is 330 g/mol. The van der Waals surface area contributed by atoms with Crippen LogP contribution >= 0.6 is 35.6 Å². The zero-order valence-electron chi connectivity index (χ0n) is 7.89. The third-order valence-electron chi connectivity index (χ3n) is 1.34. The number of guanidine groups is 1. The molecule has 7 heteroatoms. The first kappa shape index (κ1) is 14.2. The van der Waals surface area contributed by atoms with Gasteiger partial charge in [-0.05, 0) is 6.07 Å². The van der Waals surface area contributed by atoms with Crippen LogP contribution < -0.4 is 16.2 Å². The lowest BCUT2D eigenvalue weighted by Crippen LogP contribution is -2.23. The van der Waals surface area contributed by atoms with Gasteiger partial charge in [-0.15, -0.1) is 24.0 Å². The van der Waals surface area contributed by atoms with Gasteiger partial charge in [0.1, 0.15) is 6.61 Å². The Bertz CT molecular complexity index is 313. The summed E-state index contributed by atoms with van der Waals surface area (Å²) in [5.41, 5.74) is 10.3.